The summed E-state index contributed by atoms with van der Waals surface area (Å²) >= 11 is 0. The average Bonchev–Trinajstić information content (AvgIpc) is 3.79. The van der Waals surface area contributed by atoms with Crippen molar-refractivity contribution >= 4 is 77.0 Å². The summed E-state index contributed by atoms with van der Waals surface area (Å²) < 4.78 is 0. The van der Waals surface area contributed by atoms with E-state index in [-0.39, 0.29) is 44.7 Å². The molecule has 0 saturated carbocycles. The Labute approximate surface area is 406 Å². The summed E-state index contributed by atoms with van der Waals surface area (Å²) in [5.41, 5.74) is 16.3. The maximum atomic E-state index is 13.5. The Bertz CT molecular complexity index is 1960. The molecule has 10 amide bonds. The molecule has 1 aliphatic heterocycles. The summed E-state index contributed by atoms with van der Waals surface area (Å²) in [5, 5.41) is 68.3. The molecule has 0 aromatic heterocycles. The summed E-state index contributed by atoms with van der Waals surface area (Å²) in [4.78, 5) is 158. The van der Waals surface area contributed by atoms with Crippen LogP contribution in [-0.2, 0) is 57.5 Å². The number of aliphatic hydroxyl groups is 3. The van der Waals surface area contributed by atoms with Gasteiger partial charge in [-0.05, 0) is 52.4 Å². The number of carbonyl (C=O) groups is 12. The Morgan fingerprint density at radius 3 is 1.70 bits per heavy atom. The van der Waals surface area contributed by atoms with Gasteiger partial charge in [0.1, 0.15) is 48.3 Å². The molecule has 1 heterocycles. The second-order valence-electron chi connectivity index (χ2n) is 16.7. The minimum absolute atomic E-state index is 0.0213. The first-order valence-corrected chi connectivity index (χ1v) is 22.3. The molecule has 0 spiro atoms. The number of aliphatic carboxylic acids is 2. The standard InChI is InChI=1S/C40H68N14O17/c1-17(2)29(52-31(62)18(3)41)37(68)53-30(20(5)57)36(67)46-14-26(58)48-21(8-6-10-44-40(42)43)33(64)45-13-27(59)49-22(12-28(60)61)34(65)50-23(15-55)38(69)54-11-7-9-25(54)35(66)47-19(4)32(63)51-24(16-56)39(70)71/h17-25,29-30,55-57H,6-16,41H2,1-5H3,(H,45,64)(H,46,67)(H,47,66)(H,48,58)(H,49,59)(H,50,65)(H,51,63)(H,52,62)(H,53,68)(H,60,61)(H,70,71)(H4,42,43,44)/t18-,19-,20+,21-,22-,23-,24-,25-,29-,30-/m0/s1. The van der Waals surface area contributed by atoms with Gasteiger partial charge in [-0.1, -0.05) is 13.8 Å². The molecular weight excluding hydrogens is 949 g/mol. The highest BCUT2D eigenvalue weighted by molar-refractivity contribution is 5.98. The van der Waals surface area contributed by atoms with Crippen molar-refractivity contribution in [2.45, 2.75) is 127 Å². The summed E-state index contributed by atoms with van der Waals surface area (Å²) in [6.07, 6.45) is -2.33. The molecule has 0 aromatic rings. The third kappa shape index (κ3) is 21.5. The molecule has 1 saturated heterocycles. The summed E-state index contributed by atoms with van der Waals surface area (Å²) in [6, 6.07) is -13.1. The predicted molar refractivity (Wildman–Crippen MR) is 244 cm³/mol. The highest BCUT2D eigenvalue weighted by Crippen LogP contribution is 2.19. The van der Waals surface area contributed by atoms with Gasteiger partial charge in [-0.15, -0.1) is 0 Å². The summed E-state index contributed by atoms with van der Waals surface area (Å²) in [5.74, 6) is -13.6. The Kier molecular flexibility index (Phi) is 26.4. The van der Waals surface area contributed by atoms with Gasteiger partial charge in [0.15, 0.2) is 5.96 Å². The third-order valence-electron chi connectivity index (χ3n) is 10.4. The number of nitrogens with two attached hydrogens (primary N) is 3. The van der Waals surface area contributed by atoms with E-state index in [1.807, 2.05) is 5.32 Å². The summed E-state index contributed by atoms with van der Waals surface area (Å²) in [7, 11) is 0. The van der Waals surface area contributed by atoms with E-state index in [2.05, 4.69) is 47.5 Å². The van der Waals surface area contributed by atoms with E-state index in [0.29, 0.717) is 0 Å². The van der Waals surface area contributed by atoms with Gasteiger partial charge >= 0.3 is 11.9 Å². The fourth-order valence-corrected chi connectivity index (χ4v) is 6.50. The highest BCUT2D eigenvalue weighted by atomic mass is 16.4. The molecule has 1 rings (SSSR count). The molecule has 20 N–H and O–H groups in total. The van der Waals surface area contributed by atoms with Gasteiger partial charge in [-0.25, -0.2) is 4.79 Å². The molecular formula is C40H68N14O17. The zero-order valence-electron chi connectivity index (χ0n) is 39.9. The lowest BCUT2D eigenvalue weighted by molar-refractivity contribution is -0.145. The fraction of sp³-hybridized carbons (Fsp3) is 0.675. The van der Waals surface area contributed by atoms with E-state index in [0.717, 1.165) is 4.90 Å². The number of likely N-dealkylation sites (tertiary alicyclic amines) is 1. The molecule has 0 radical (unpaired) electrons. The van der Waals surface area contributed by atoms with Crippen LogP contribution in [0.3, 0.4) is 0 Å². The highest BCUT2D eigenvalue weighted by Gasteiger charge is 2.40. The van der Waals surface area contributed by atoms with Crippen LogP contribution in [-0.4, -0.2) is 207 Å². The van der Waals surface area contributed by atoms with Crippen molar-refractivity contribution in [3.8, 4) is 0 Å². The van der Waals surface area contributed by atoms with Crippen molar-refractivity contribution < 1.29 is 83.1 Å². The number of carboxylic acid groups (broad SMARTS) is 2. The average molecular weight is 1020 g/mol. The van der Waals surface area contributed by atoms with Crippen LogP contribution >= 0.6 is 0 Å². The van der Waals surface area contributed by atoms with E-state index in [1.165, 1.54) is 20.8 Å². The van der Waals surface area contributed by atoms with Crippen LogP contribution in [0.15, 0.2) is 4.99 Å². The number of guanidine groups is 1. The van der Waals surface area contributed by atoms with Crippen molar-refractivity contribution in [1.29, 1.82) is 0 Å². The molecule has 400 valence electrons. The van der Waals surface area contributed by atoms with Crippen molar-refractivity contribution in [1.82, 2.24) is 52.8 Å². The number of nitrogens with zero attached hydrogens (tertiary/aromatic N) is 2. The Morgan fingerprint density at radius 2 is 1.20 bits per heavy atom. The lowest BCUT2D eigenvalue weighted by Crippen LogP contribution is -2.60. The monoisotopic (exact) mass is 1020 g/mol. The number of hydrogen-bond donors (Lipinski definition) is 17. The number of hydrogen-bond acceptors (Lipinski definition) is 17. The molecule has 10 atom stereocenters. The van der Waals surface area contributed by atoms with Crippen LogP contribution in [0, 0.1) is 5.92 Å². The van der Waals surface area contributed by atoms with E-state index in [4.69, 9.17) is 22.3 Å². The first-order chi connectivity index (χ1) is 33.1. The normalized spacial score (nSPS) is 16.9. The lowest BCUT2D eigenvalue weighted by atomic mass is 10.0. The van der Waals surface area contributed by atoms with E-state index < -0.39 is 170 Å². The number of nitrogens with one attached hydrogen (secondary N) is 9. The predicted octanol–water partition coefficient (Wildman–Crippen LogP) is -9.40. The van der Waals surface area contributed by atoms with Crippen molar-refractivity contribution in [2.75, 3.05) is 39.4 Å². The van der Waals surface area contributed by atoms with Gasteiger partial charge in [0.05, 0.1) is 44.9 Å². The molecule has 31 heteroatoms. The molecule has 0 aromatic carbocycles. The number of aliphatic imine (C=N–C) groups is 1. The summed E-state index contributed by atoms with van der Waals surface area (Å²) in [6.45, 7) is 3.19. The molecule has 1 fully saturated rings. The van der Waals surface area contributed by atoms with Gasteiger partial charge in [-0.3, -0.25) is 57.7 Å². The van der Waals surface area contributed by atoms with Crippen molar-refractivity contribution in [2.24, 2.45) is 28.1 Å². The molecule has 71 heavy (non-hydrogen) atoms. The molecule has 1 aliphatic rings. The topological polar surface area (TPSA) is 508 Å². The van der Waals surface area contributed by atoms with Gasteiger partial charge in [0, 0.05) is 13.1 Å². The largest absolute Gasteiger partial charge is 0.481 e. The first kappa shape index (κ1) is 61.8. The van der Waals surface area contributed by atoms with E-state index in [1.54, 1.807) is 13.8 Å². The van der Waals surface area contributed by atoms with Crippen LogP contribution in [0.1, 0.15) is 66.7 Å². The molecule has 0 bridgehead atoms. The second kappa shape index (κ2) is 30.4. The van der Waals surface area contributed by atoms with Gasteiger partial charge in [0.25, 0.3) is 0 Å². The van der Waals surface area contributed by atoms with Crippen molar-refractivity contribution in [3.05, 3.63) is 0 Å². The smallest absolute Gasteiger partial charge is 0.328 e. The SMILES string of the molecule is CC(C)[C@H](NC(=O)[C@H](C)N)C(=O)N[C@H](C(=O)NCC(=O)N[C@@H](CCCN=C(N)N)C(=O)NCC(=O)N[C@@H](CC(=O)O)C(=O)N[C@@H](CO)C(=O)N1CCC[C@H]1C(=O)N[C@@H](C)C(=O)N[C@@H](CO)C(=O)O)[C@@H](C)O. The third-order valence-corrected chi connectivity index (χ3v) is 10.4. The second-order valence-corrected chi connectivity index (χ2v) is 16.7. The number of amides is 10. The maximum Gasteiger partial charge on any atom is 0.328 e. The molecule has 31 nitrogen and oxygen atoms in total. The zero-order valence-corrected chi connectivity index (χ0v) is 39.9. The Morgan fingerprint density at radius 1 is 0.648 bits per heavy atom. The van der Waals surface area contributed by atoms with E-state index >= 15 is 0 Å². The quantitative estimate of drug-likeness (QED) is 0.0180. The molecule has 0 unspecified atom stereocenters. The van der Waals surface area contributed by atoms with E-state index in [9.17, 15) is 78.0 Å². The zero-order chi connectivity index (χ0) is 54.3. The van der Waals surface area contributed by atoms with Gasteiger partial charge in [-0.2, -0.15) is 0 Å². The van der Waals surface area contributed by atoms with Crippen LogP contribution in [0.5, 0.6) is 0 Å². The van der Waals surface area contributed by atoms with Crippen LogP contribution < -0.4 is 65.1 Å². The maximum absolute atomic E-state index is 13.5. The minimum atomic E-state index is -1.91. The van der Waals surface area contributed by atoms with Gasteiger partial charge in [0.2, 0.25) is 59.1 Å². The van der Waals surface area contributed by atoms with Crippen LogP contribution in [0.25, 0.3) is 0 Å². The first-order valence-electron chi connectivity index (χ1n) is 22.3. The number of aliphatic hydroxyl groups excluding tert-OH is 3. The Hall–Kier alpha value is -7.25. The number of rotatable bonds is 30. The number of carboxylic acids is 2. The lowest BCUT2D eigenvalue weighted by Gasteiger charge is -2.29. The van der Waals surface area contributed by atoms with Crippen LogP contribution in [0.4, 0.5) is 0 Å². The molecule has 0 aliphatic carbocycles. The minimum Gasteiger partial charge on any atom is -0.481 e. The van der Waals surface area contributed by atoms with Crippen LogP contribution in [0.2, 0.25) is 0 Å². The number of carbonyl (C=O) groups excluding carboxylic acids is 10. The Balaban J connectivity index is 3.05. The fourth-order valence-electron chi connectivity index (χ4n) is 6.50. The van der Waals surface area contributed by atoms with Crippen molar-refractivity contribution in [3.63, 3.8) is 0 Å². The van der Waals surface area contributed by atoms with Gasteiger partial charge < -0.3 is 95.5 Å².